The van der Waals surface area contributed by atoms with Crippen molar-refractivity contribution >= 4 is 23.4 Å². The number of carbonyl (C=O) groups excluding carboxylic acids is 1. The van der Waals surface area contributed by atoms with Crippen molar-refractivity contribution in [3.8, 4) is 0 Å². The maximum absolute atomic E-state index is 11.8. The topological polar surface area (TPSA) is 68.0 Å². The Morgan fingerprint density at radius 1 is 1.19 bits per heavy atom. The third kappa shape index (κ3) is 4.88. The maximum atomic E-state index is 11.8. The highest BCUT2D eigenvalue weighted by atomic mass is 32.2. The van der Waals surface area contributed by atoms with Crippen LogP contribution in [0.1, 0.15) is 19.8 Å². The lowest BCUT2D eigenvalue weighted by Crippen LogP contribution is -2.35. The van der Waals surface area contributed by atoms with Crippen molar-refractivity contribution in [3.63, 3.8) is 0 Å². The molecule has 0 saturated carbocycles. The van der Waals surface area contributed by atoms with E-state index in [4.69, 9.17) is 5.73 Å². The molecule has 0 fully saturated rings. The van der Waals surface area contributed by atoms with Crippen LogP contribution in [0.15, 0.2) is 58.6 Å². The lowest BCUT2D eigenvalue weighted by atomic mass is 10.1. The maximum Gasteiger partial charge on any atom is 0.241 e. The van der Waals surface area contributed by atoms with Gasteiger partial charge in [-0.25, -0.2) is 0 Å². The van der Waals surface area contributed by atoms with Gasteiger partial charge in [-0.15, -0.1) is 0 Å². The number of nitrogens with two attached hydrogens (primary N) is 1. The summed E-state index contributed by atoms with van der Waals surface area (Å²) in [5.74, 6) is -0.133. The average Bonchev–Trinajstić information content (AvgIpc) is 2.50. The van der Waals surface area contributed by atoms with Gasteiger partial charge in [0.1, 0.15) is 0 Å². The Labute approximate surface area is 129 Å². The smallest absolute Gasteiger partial charge is 0.241 e. The normalized spacial score (nSPS) is 11.9. The lowest BCUT2D eigenvalue weighted by molar-refractivity contribution is -0.117. The van der Waals surface area contributed by atoms with Gasteiger partial charge in [0.05, 0.1) is 6.04 Å². The second kappa shape index (κ2) is 7.81. The fourth-order valence-corrected chi connectivity index (χ4v) is 2.63. The van der Waals surface area contributed by atoms with Crippen molar-refractivity contribution in [3.05, 3.63) is 48.8 Å². The van der Waals surface area contributed by atoms with Gasteiger partial charge in [-0.05, 0) is 42.8 Å². The molecular weight excluding hydrogens is 282 g/mol. The summed E-state index contributed by atoms with van der Waals surface area (Å²) in [6.07, 6.45) is 5.13. The number of anilines is 1. The first kappa shape index (κ1) is 15.5. The van der Waals surface area contributed by atoms with Crippen molar-refractivity contribution in [1.82, 2.24) is 4.98 Å². The van der Waals surface area contributed by atoms with E-state index in [-0.39, 0.29) is 5.91 Å². The van der Waals surface area contributed by atoms with E-state index in [0.717, 1.165) is 21.9 Å². The molecule has 1 aromatic carbocycles. The molecule has 5 heteroatoms. The highest BCUT2D eigenvalue weighted by Gasteiger charge is 2.12. The molecule has 21 heavy (non-hydrogen) atoms. The van der Waals surface area contributed by atoms with Crippen LogP contribution in [-0.2, 0) is 4.79 Å². The van der Waals surface area contributed by atoms with Crippen molar-refractivity contribution in [2.24, 2.45) is 5.73 Å². The summed E-state index contributed by atoms with van der Waals surface area (Å²) in [5.41, 5.74) is 6.55. The first-order chi connectivity index (χ1) is 10.2. The number of hydrogen-bond donors (Lipinski definition) is 2. The van der Waals surface area contributed by atoms with Gasteiger partial charge in [-0.3, -0.25) is 9.78 Å². The Hall–Kier alpha value is -1.85. The number of nitrogens with zero attached hydrogens (tertiary/aromatic N) is 1. The Bertz CT molecular complexity index is 572. The van der Waals surface area contributed by atoms with E-state index in [2.05, 4.69) is 10.3 Å². The molecule has 0 bridgehead atoms. The molecule has 1 amide bonds. The van der Waals surface area contributed by atoms with E-state index >= 15 is 0 Å². The molecule has 0 aliphatic carbocycles. The van der Waals surface area contributed by atoms with E-state index in [9.17, 15) is 4.79 Å². The van der Waals surface area contributed by atoms with E-state index in [1.165, 1.54) is 0 Å². The van der Waals surface area contributed by atoms with Crippen LogP contribution in [0.3, 0.4) is 0 Å². The molecule has 4 nitrogen and oxygen atoms in total. The van der Waals surface area contributed by atoms with E-state index in [1.54, 1.807) is 24.2 Å². The summed E-state index contributed by atoms with van der Waals surface area (Å²) in [6, 6.07) is 11.2. The molecule has 0 aliphatic heterocycles. The fourth-order valence-electron chi connectivity index (χ4n) is 1.83. The first-order valence-electron chi connectivity index (χ1n) is 6.93. The van der Waals surface area contributed by atoms with E-state index in [0.29, 0.717) is 6.42 Å². The van der Waals surface area contributed by atoms with Gasteiger partial charge in [-0.1, -0.05) is 25.1 Å². The van der Waals surface area contributed by atoms with Crippen LogP contribution in [0, 0.1) is 0 Å². The quantitative estimate of drug-likeness (QED) is 0.859. The number of nitrogens with one attached hydrogen (secondary N) is 1. The molecule has 0 saturated heterocycles. The van der Waals surface area contributed by atoms with Crippen LogP contribution >= 0.6 is 11.8 Å². The predicted octanol–water partition coefficient (Wildman–Crippen LogP) is 3.30. The summed E-state index contributed by atoms with van der Waals surface area (Å²) in [5, 5.41) is 2.83. The summed E-state index contributed by atoms with van der Waals surface area (Å²) >= 11 is 1.65. The average molecular weight is 301 g/mol. The molecule has 110 valence electrons. The Morgan fingerprint density at radius 3 is 2.43 bits per heavy atom. The van der Waals surface area contributed by atoms with Gasteiger partial charge < -0.3 is 11.1 Å². The van der Waals surface area contributed by atoms with Gasteiger partial charge in [0.15, 0.2) is 0 Å². The second-order valence-corrected chi connectivity index (χ2v) is 5.84. The van der Waals surface area contributed by atoms with Crippen LogP contribution < -0.4 is 11.1 Å². The third-order valence-electron chi connectivity index (χ3n) is 2.94. The Balaban J connectivity index is 1.94. The Morgan fingerprint density at radius 2 is 1.81 bits per heavy atom. The standard InChI is InChI=1S/C16H19N3OS/c1-2-3-15(17)16(20)19-12-4-6-13(7-5-12)21-14-8-10-18-11-9-14/h4-11,15H,2-3,17H2,1H3,(H,19,20). The Kier molecular flexibility index (Phi) is 5.78. The zero-order valence-electron chi connectivity index (χ0n) is 12.0. The SMILES string of the molecule is CCCC(N)C(=O)Nc1ccc(Sc2ccncc2)cc1. The molecular formula is C16H19N3OS. The number of benzene rings is 1. The minimum absolute atomic E-state index is 0.133. The van der Waals surface area contributed by atoms with Crippen LogP contribution in [0.4, 0.5) is 5.69 Å². The zero-order chi connectivity index (χ0) is 15.1. The van der Waals surface area contributed by atoms with E-state index < -0.39 is 6.04 Å². The number of carbonyl (C=O) groups is 1. The highest BCUT2D eigenvalue weighted by molar-refractivity contribution is 7.99. The molecule has 0 radical (unpaired) electrons. The van der Waals surface area contributed by atoms with Crippen LogP contribution in [0.5, 0.6) is 0 Å². The molecule has 1 unspecified atom stereocenters. The monoisotopic (exact) mass is 301 g/mol. The number of amides is 1. The first-order valence-corrected chi connectivity index (χ1v) is 7.75. The summed E-state index contributed by atoms with van der Waals surface area (Å²) in [7, 11) is 0. The van der Waals surface area contributed by atoms with Gasteiger partial charge in [0, 0.05) is 27.9 Å². The molecule has 1 atom stereocenters. The van der Waals surface area contributed by atoms with Crippen LogP contribution in [0.2, 0.25) is 0 Å². The molecule has 0 aliphatic rings. The van der Waals surface area contributed by atoms with Crippen molar-refractivity contribution in [2.75, 3.05) is 5.32 Å². The van der Waals surface area contributed by atoms with Crippen molar-refractivity contribution < 1.29 is 4.79 Å². The van der Waals surface area contributed by atoms with Gasteiger partial charge >= 0.3 is 0 Å². The zero-order valence-corrected chi connectivity index (χ0v) is 12.8. The molecule has 2 aromatic rings. The summed E-state index contributed by atoms with van der Waals surface area (Å²) in [6.45, 7) is 2.01. The number of pyridine rings is 1. The van der Waals surface area contributed by atoms with Crippen LogP contribution in [0.25, 0.3) is 0 Å². The largest absolute Gasteiger partial charge is 0.325 e. The molecule has 3 N–H and O–H groups in total. The number of hydrogen-bond acceptors (Lipinski definition) is 4. The molecule has 2 rings (SSSR count). The summed E-state index contributed by atoms with van der Waals surface area (Å²) in [4.78, 5) is 18.1. The molecule has 1 aromatic heterocycles. The van der Waals surface area contributed by atoms with Gasteiger partial charge in [-0.2, -0.15) is 0 Å². The lowest BCUT2D eigenvalue weighted by Gasteiger charge is -2.11. The van der Waals surface area contributed by atoms with E-state index in [1.807, 2.05) is 43.3 Å². The minimum atomic E-state index is -0.444. The molecule has 0 spiro atoms. The fraction of sp³-hybridized carbons (Fsp3) is 0.250. The van der Waals surface area contributed by atoms with Gasteiger partial charge in [0.25, 0.3) is 0 Å². The van der Waals surface area contributed by atoms with Crippen molar-refractivity contribution in [2.45, 2.75) is 35.6 Å². The van der Waals surface area contributed by atoms with Gasteiger partial charge in [0.2, 0.25) is 5.91 Å². The molecule has 1 heterocycles. The predicted molar refractivity (Wildman–Crippen MR) is 86.3 cm³/mol. The van der Waals surface area contributed by atoms with Crippen molar-refractivity contribution in [1.29, 1.82) is 0 Å². The summed E-state index contributed by atoms with van der Waals surface area (Å²) < 4.78 is 0. The minimum Gasteiger partial charge on any atom is -0.325 e. The third-order valence-corrected chi connectivity index (χ3v) is 3.96. The van der Waals surface area contributed by atoms with Crippen LogP contribution in [-0.4, -0.2) is 16.9 Å². The number of rotatable bonds is 6. The second-order valence-electron chi connectivity index (χ2n) is 4.69. The number of aromatic nitrogens is 1. The highest BCUT2D eigenvalue weighted by Crippen LogP contribution is 2.27.